The second-order valence-electron chi connectivity index (χ2n) is 7.01. The van der Waals surface area contributed by atoms with Gasteiger partial charge in [0.2, 0.25) is 5.91 Å². The highest BCUT2D eigenvalue weighted by Gasteiger charge is 2.45. The third-order valence-corrected chi connectivity index (χ3v) is 5.47. The number of anilines is 1. The SMILES string of the molecule is COc1ccccc1C(=O)N1CCC2(CC1)COc1ccccc1NC2=O. The third kappa shape index (κ3) is 3.12. The van der Waals surface area contributed by atoms with Crippen molar-refractivity contribution in [3.63, 3.8) is 0 Å². The van der Waals surface area contributed by atoms with Gasteiger partial charge in [0.15, 0.2) is 0 Å². The number of para-hydroxylation sites is 3. The van der Waals surface area contributed by atoms with E-state index in [0.29, 0.717) is 55.3 Å². The van der Waals surface area contributed by atoms with E-state index < -0.39 is 5.41 Å². The number of piperidine rings is 1. The number of nitrogens with one attached hydrogen (secondary N) is 1. The van der Waals surface area contributed by atoms with Gasteiger partial charge in [0, 0.05) is 13.1 Å². The van der Waals surface area contributed by atoms with Gasteiger partial charge in [-0.05, 0) is 37.1 Å². The molecule has 1 saturated heterocycles. The van der Waals surface area contributed by atoms with Crippen molar-refractivity contribution in [3.8, 4) is 11.5 Å². The smallest absolute Gasteiger partial charge is 0.257 e. The van der Waals surface area contributed by atoms with E-state index in [1.54, 1.807) is 24.1 Å². The molecule has 1 spiro atoms. The van der Waals surface area contributed by atoms with Crippen LogP contribution in [-0.4, -0.2) is 43.5 Å². The monoisotopic (exact) mass is 366 g/mol. The van der Waals surface area contributed by atoms with E-state index in [1.807, 2.05) is 36.4 Å². The zero-order valence-corrected chi connectivity index (χ0v) is 15.2. The number of carbonyl (C=O) groups excluding carboxylic acids is 2. The zero-order chi connectivity index (χ0) is 18.9. The van der Waals surface area contributed by atoms with Crippen molar-refractivity contribution in [1.82, 2.24) is 4.90 Å². The molecule has 2 aromatic rings. The fourth-order valence-corrected chi connectivity index (χ4v) is 3.73. The lowest BCUT2D eigenvalue weighted by Crippen LogP contribution is -2.50. The molecule has 0 radical (unpaired) electrons. The molecule has 6 nitrogen and oxygen atoms in total. The Labute approximate surface area is 158 Å². The van der Waals surface area contributed by atoms with Crippen molar-refractivity contribution in [2.45, 2.75) is 12.8 Å². The number of likely N-dealkylation sites (tertiary alicyclic amines) is 1. The number of ether oxygens (including phenoxy) is 2. The Morgan fingerprint density at radius 1 is 1.11 bits per heavy atom. The summed E-state index contributed by atoms with van der Waals surface area (Å²) in [7, 11) is 1.56. The lowest BCUT2D eigenvalue weighted by atomic mass is 9.78. The maximum atomic E-state index is 12.9. The van der Waals surface area contributed by atoms with Crippen LogP contribution in [-0.2, 0) is 4.79 Å². The van der Waals surface area contributed by atoms with Gasteiger partial charge in [-0.25, -0.2) is 0 Å². The molecule has 2 aromatic carbocycles. The van der Waals surface area contributed by atoms with Crippen LogP contribution in [0.3, 0.4) is 0 Å². The maximum Gasteiger partial charge on any atom is 0.257 e. The van der Waals surface area contributed by atoms with Gasteiger partial charge < -0.3 is 19.7 Å². The Bertz CT molecular complexity index is 872. The molecule has 2 heterocycles. The van der Waals surface area contributed by atoms with Crippen molar-refractivity contribution in [2.24, 2.45) is 5.41 Å². The summed E-state index contributed by atoms with van der Waals surface area (Å²) in [6.45, 7) is 1.33. The lowest BCUT2D eigenvalue weighted by Gasteiger charge is -2.39. The van der Waals surface area contributed by atoms with E-state index in [9.17, 15) is 9.59 Å². The molecule has 4 rings (SSSR count). The van der Waals surface area contributed by atoms with Gasteiger partial charge >= 0.3 is 0 Å². The second kappa shape index (κ2) is 6.95. The highest BCUT2D eigenvalue weighted by atomic mass is 16.5. The number of nitrogens with zero attached hydrogens (tertiary/aromatic N) is 1. The molecular formula is C21H22N2O4. The molecule has 0 bridgehead atoms. The van der Waals surface area contributed by atoms with Crippen molar-refractivity contribution in [2.75, 3.05) is 32.1 Å². The van der Waals surface area contributed by atoms with Crippen LogP contribution in [0.2, 0.25) is 0 Å². The van der Waals surface area contributed by atoms with Crippen molar-refractivity contribution >= 4 is 17.5 Å². The molecule has 0 unspecified atom stereocenters. The first kappa shape index (κ1) is 17.4. The first-order valence-corrected chi connectivity index (χ1v) is 9.08. The molecule has 0 saturated carbocycles. The average Bonchev–Trinajstić information content (AvgIpc) is 2.85. The molecule has 2 aliphatic rings. The third-order valence-electron chi connectivity index (χ3n) is 5.47. The lowest BCUT2D eigenvalue weighted by molar-refractivity contribution is -0.129. The maximum absolute atomic E-state index is 12.9. The topological polar surface area (TPSA) is 67.9 Å². The summed E-state index contributed by atoms with van der Waals surface area (Å²) in [6, 6.07) is 14.7. The summed E-state index contributed by atoms with van der Waals surface area (Å²) < 4.78 is 11.2. The van der Waals surface area contributed by atoms with E-state index in [4.69, 9.17) is 9.47 Å². The first-order valence-electron chi connectivity index (χ1n) is 9.08. The fraction of sp³-hybridized carbons (Fsp3) is 0.333. The quantitative estimate of drug-likeness (QED) is 0.887. The summed E-state index contributed by atoms with van der Waals surface area (Å²) in [5.41, 5.74) is 0.633. The highest BCUT2D eigenvalue weighted by Crippen LogP contribution is 2.39. The molecule has 2 aliphatic heterocycles. The molecule has 140 valence electrons. The minimum absolute atomic E-state index is 0.0307. The number of rotatable bonds is 2. The van der Waals surface area contributed by atoms with Gasteiger partial charge in [0.1, 0.15) is 18.1 Å². The second-order valence-corrected chi connectivity index (χ2v) is 7.01. The number of benzene rings is 2. The molecule has 6 heteroatoms. The van der Waals surface area contributed by atoms with Gasteiger partial charge in [-0.1, -0.05) is 24.3 Å². The van der Waals surface area contributed by atoms with Crippen LogP contribution in [0.15, 0.2) is 48.5 Å². The Kier molecular flexibility index (Phi) is 4.48. The Morgan fingerprint density at radius 3 is 2.59 bits per heavy atom. The van der Waals surface area contributed by atoms with Crippen LogP contribution in [0.25, 0.3) is 0 Å². The number of amides is 2. The number of fused-ring (bicyclic) bond motifs is 1. The van der Waals surface area contributed by atoms with Crippen molar-refractivity contribution in [3.05, 3.63) is 54.1 Å². The van der Waals surface area contributed by atoms with Gasteiger partial charge in [-0.3, -0.25) is 9.59 Å². The summed E-state index contributed by atoms with van der Waals surface area (Å²) >= 11 is 0. The molecule has 1 N–H and O–H groups in total. The summed E-state index contributed by atoms with van der Waals surface area (Å²) in [4.78, 5) is 27.6. The number of carbonyl (C=O) groups is 2. The molecule has 2 amide bonds. The van der Waals surface area contributed by atoms with Crippen LogP contribution in [0.4, 0.5) is 5.69 Å². The van der Waals surface area contributed by atoms with Crippen LogP contribution in [0.5, 0.6) is 11.5 Å². The first-order chi connectivity index (χ1) is 13.1. The fourth-order valence-electron chi connectivity index (χ4n) is 3.73. The molecule has 1 fully saturated rings. The van der Waals surface area contributed by atoms with Gasteiger partial charge in [-0.15, -0.1) is 0 Å². The van der Waals surface area contributed by atoms with Crippen molar-refractivity contribution < 1.29 is 19.1 Å². The number of hydrogen-bond acceptors (Lipinski definition) is 4. The summed E-state index contributed by atoms with van der Waals surface area (Å²) in [6.07, 6.45) is 1.13. The average molecular weight is 366 g/mol. The summed E-state index contributed by atoms with van der Waals surface area (Å²) in [5, 5.41) is 2.99. The molecule has 0 aromatic heterocycles. The van der Waals surface area contributed by atoms with Crippen molar-refractivity contribution in [1.29, 1.82) is 0 Å². The van der Waals surface area contributed by atoms with Crippen LogP contribution >= 0.6 is 0 Å². The normalized spacial score (nSPS) is 18.1. The van der Waals surface area contributed by atoms with E-state index in [0.717, 1.165) is 0 Å². The number of hydrogen-bond donors (Lipinski definition) is 1. The van der Waals surface area contributed by atoms with Crippen LogP contribution in [0, 0.1) is 5.41 Å². The Hall–Kier alpha value is -3.02. The Balaban J connectivity index is 1.49. The van der Waals surface area contributed by atoms with E-state index in [1.165, 1.54) is 0 Å². The van der Waals surface area contributed by atoms with Gasteiger partial charge in [0.05, 0.1) is 23.8 Å². The molecule has 27 heavy (non-hydrogen) atoms. The molecule has 0 atom stereocenters. The molecule has 0 aliphatic carbocycles. The zero-order valence-electron chi connectivity index (χ0n) is 15.2. The minimum atomic E-state index is -0.615. The summed E-state index contributed by atoms with van der Waals surface area (Å²) in [5.74, 6) is 1.15. The van der Waals surface area contributed by atoms with Gasteiger partial charge in [-0.2, -0.15) is 0 Å². The van der Waals surface area contributed by atoms with E-state index in [-0.39, 0.29) is 11.8 Å². The Morgan fingerprint density at radius 2 is 1.81 bits per heavy atom. The minimum Gasteiger partial charge on any atom is -0.496 e. The number of methoxy groups -OCH3 is 1. The predicted octanol–water partition coefficient (Wildman–Crippen LogP) is 2.95. The highest BCUT2D eigenvalue weighted by molar-refractivity contribution is 5.99. The van der Waals surface area contributed by atoms with E-state index >= 15 is 0 Å². The van der Waals surface area contributed by atoms with Gasteiger partial charge in [0.25, 0.3) is 5.91 Å². The predicted molar refractivity (Wildman–Crippen MR) is 101 cm³/mol. The standard InChI is InChI=1S/C21H22N2O4/c1-26-17-8-4-2-6-15(17)19(24)23-12-10-21(11-13-23)14-27-18-9-5-3-7-16(18)22-20(21)25/h2-9H,10-14H2,1H3,(H,22,25). The largest absolute Gasteiger partial charge is 0.496 e. The van der Waals surface area contributed by atoms with Crippen LogP contribution < -0.4 is 14.8 Å². The van der Waals surface area contributed by atoms with Crippen LogP contribution in [0.1, 0.15) is 23.2 Å². The molecular weight excluding hydrogens is 344 g/mol. The van der Waals surface area contributed by atoms with E-state index in [2.05, 4.69) is 5.32 Å².